The Morgan fingerprint density at radius 1 is 1.00 bits per heavy atom. The van der Waals surface area contributed by atoms with Crippen molar-refractivity contribution in [3.05, 3.63) is 84.1 Å². The van der Waals surface area contributed by atoms with Crippen LogP contribution in [0.25, 0.3) is 11.3 Å². The van der Waals surface area contributed by atoms with E-state index in [0.717, 1.165) is 39.7 Å². The van der Waals surface area contributed by atoms with Crippen LogP contribution in [0.15, 0.2) is 67.0 Å². The number of aryl methyl sites for hydroxylation is 2. The van der Waals surface area contributed by atoms with E-state index in [1.54, 1.807) is 0 Å². The molecule has 0 bridgehead atoms. The lowest BCUT2D eigenvalue weighted by atomic mass is 10.0. The van der Waals surface area contributed by atoms with Crippen LogP contribution >= 0.6 is 0 Å². The minimum Gasteiger partial charge on any atom is -0.338 e. The monoisotopic (exact) mass is 455 g/mol. The first-order chi connectivity index (χ1) is 16.6. The Kier molecular flexibility index (Phi) is 5.75. The van der Waals surface area contributed by atoms with E-state index in [1.807, 2.05) is 74.4 Å². The van der Waals surface area contributed by atoms with Gasteiger partial charge < -0.3 is 15.0 Å². The van der Waals surface area contributed by atoms with E-state index in [0.29, 0.717) is 13.0 Å². The highest BCUT2D eigenvalue weighted by molar-refractivity contribution is 5.83. The molecule has 4 aromatic rings. The molecular weight excluding hydrogens is 426 g/mol. The fourth-order valence-corrected chi connectivity index (χ4v) is 4.85. The average Bonchev–Trinajstić information content (AvgIpc) is 3.37. The first-order valence-electron chi connectivity index (χ1n) is 11.6. The zero-order valence-corrected chi connectivity index (χ0v) is 19.9. The topological polar surface area (TPSA) is 81.0 Å². The molecule has 1 aliphatic heterocycles. The lowest BCUT2D eigenvalue weighted by Gasteiger charge is -2.43. The molecule has 34 heavy (non-hydrogen) atoms. The van der Waals surface area contributed by atoms with Crippen molar-refractivity contribution in [2.45, 2.75) is 39.1 Å². The number of ether oxygens (including phenoxy) is 1. The molecule has 0 saturated heterocycles. The molecule has 0 amide bonds. The smallest absolute Gasteiger partial charge is 0.219 e. The maximum absolute atomic E-state index is 6.47. The second-order valence-corrected chi connectivity index (χ2v) is 8.36. The molecule has 8 nitrogen and oxygen atoms in total. The van der Waals surface area contributed by atoms with Crippen molar-refractivity contribution in [3.8, 4) is 11.3 Å². The van der Waals surface area contributed by atoms with Gasteiger partial charge in [-0.2, -0.15) is 0 Å². The summed E-state index contributed by atoms with van der Waals surface area (Å²) in [5.74, 6) is -0.755. The van der Waals surface area contributed by atoms with Gasteiger partial charge in [-0.05, 0) is 50.2 Å². The van der Waals surface area contributed by atoms with Gasteiger partial charge in [0.15, 0.2) is 0 Å². The molecule has 174 valence electrons. The molecule has 0 fully saturated rings. The molecule has 1 aliphatic rings. The Hall–Kier alpha value is -3.78. The van der Waals surface area contributed by atoms with Crippen molar-refractivity contribution in [3.63, 3.8) is 0 Å². The molecule has 0 saturated carbocycles. The number of rotatable bonds is 7. The summed E-state index contributed by atoms with van der Waals surface area (Å²) in [6, 6.07) is 18.1. The number of hydrogen-bond donors (Lipinski definition) is 1. The Morgan fingerprint density at radius 2 is 1.71 bits per heavy atom. The van der Waals surface area contributed by atoms with E-state index >= 15 is 0 Å². The van der Waals surface area contributed by atoms with E-state index in [4.69, 9.17) is 14.7 Å². The van der Waals surface area contributed by atoms with Crippen molar-refractivity contribution in [1.82, 2.24) is 25.0 Å². The quantitative estimate of drug-likeness (QED) is 0.432. The SMILES string of the molecule is CCOC1(CC)Nc2ccc(-c3c(C)nnn3C)cc2N1C(c1ccccn1)c1ccccn1. The Balaban J connectivity index is 1.75. The Bertz CT molecular complexity index is 1220. The molecule has 8 heteroatoms. The van der Waals surface area contributed by atoms with Crippen LogP contribution in [0.1, 0.15) is 43.4 Å². The van der Waals surface area contributed by atoms with Crippen molar-refractivity contribution in [1.29, 1.82) is 0 Å². The summed E-state index contributed by atoms with van der Waals surface area (Å²) in [7, 11) is 1.92. The summed E-state index contributed by atoms with van der Waals surface area (Å²) < 4.78 is 8.28. The van der Waals surface area contributed by atoms with Gasteiger partial charge in [0.05, 0.1) is 34.2 Å². The molecule has 4 heterocycles. The third-order valence-electron chi connectivity index (χ3n) is 6.30. The molecular formula is C26H29N7O. The maximum atomic E-state index is 6.47. The van der Waals surface area contributed by atoms with Gasteiger partial charge in [0.1, 0.15) is 6.04 Å². The van der Waals surface area contributed by atoms with Gasteiger partial charge in [-0.25, -0.2) is 4.68 Å². The van der Waals surface area contributed by atoms with Gasteiger partial charge >= 0.3 is 0 Å². The van der Waals surface area contributed by atoms with Crippen LogP contribution in [-0.4, -0.2) is 37.4 Å². The summed E-state index contributed by atoms with van der Waals surface area (Å²) in [6.07, 6.45) is 4.36. The first-order valence-corrected chi connectivity index (χ1v) is 11.6. The van der Waals surface area contributed by atoms with Gasteiger partial charge in [0.2, 0.25) is 5.85 Å². The number of nitrogens with zero attached hydrogens (tertiary/aromatic N) is 6. The lowest BCUT2D eigenvalue weighted by molar-refractivity contribution is -0.0217. The molecule has 1 atom stereocenters. The number of fused-ring (bicyclic) bond motifs is 1. The molecule has 0 aliphatic carbocycles. The Morgan fingerprint density at radius 3 is 2.24 bits per heavy atom. The van der Waals surface area contributed by atoms with Crippen LogP contribution in [-0.2, 0) is 11.8 Å². The Labute approximate surface area is 199 Å². The number of hydrogen-bond acceptors (Lipinski definition) is 7. The summed E-state index contributed by atoms with van der Waals surface area (Å²) in [5, 5.41) is 12.1. The van der Waals surface area contributed by atoms with Crippen LogP contribution in [0.2, 0.25) is 0 Å². The van der Waals surface area contributed by atoms with Crippen LogP contribution in [0.4, 0.5) is 11.4 Å². The minimum absolute atomic E-state index is 0.261. The van der Waals surface area contributed by atoms with Gasteiger partial charge in [0, 0.05) is 38.0 Å². The first kappa shape index (κ1) is 22.0. The minimum atomic E-state index is -0.755. The third-order valence-corrected chi connectivity index (χ3v) is 6.30. The van der Waals surface area contributed by atoms with Crippen LogP contribution in [0.5, 0.6) is 0 Å². The number of nitrogens with one attached hydrogen (secondary N) is 1. The third kappa shape index (κ3) is 3.60. The van der Waals surface area contributed by atoms with E-state index in [-0.39, 0.29) is 6.04 Å². The summed E-state index contributed by atoms with van der Waals surface area (Å²) >= 11 is 0. The molecule has 5 rings (SSSR count). The van der Waals surface area contributed by atoms with E-state index in [9.17, 15) is 0 Å². The largest absolute Gasteiger partial charge is 0.338 e. The summed E-state index contributed by atoms with van der Waals surface area (Å²) in [5.41, 5.74) is 6.74. The van der Waals surface area contributed by atoms with E-state index < -0.39 is 5.85 Å². The fraction of sp³-hybridized carbons (Fsp3) is 0.308. The number of benzene rings is 1. The van der Waals surface area contributed by atoms with Gasteiger partial charge in [-0.1, -0.05) is 30.3 Å². The van der Waals surface area contributed by atoms with Crippen LogP contribution in [0.3, 0.4) is 0 Å². The van der Waals surface area contributed by atoms with Gasteiger partial charge in [0.25, 0.3) is 0 Å². The van der Waals surface area contributed by atoms with E-state index in [1.165, 1.54) is 0 Å². The van der Waals surface area contributed by atoms with E-state index in [2.05, 4.69) is 45.7 Å². The second-order valence-electron chi connectivity index (χ2n) is 8.36. The van der Waals surface area contributed by atoms with Gasteiger partial charge in [-0.15, -0.1) is 5.10 Å². The standard InChI is InChI=1S/C26H29N7O/c1-5-26(34-6-2)29-20-14-13-19(24-18(3)30-31-32(24)4)17-23(20)33(26)25(21-11-7-9-15-27-21)22-12-8-10-16-28-22/h7-17,25,29H,5-6H2,1-4H3. The van der Waals surface area contributed by atoms with Crippen LogP contribution < -0.4 is 10.2 Å². The molecule has 1 unspecified atom stereocenters. The highest BCUT2D eigenvalue weighted by atomic mass is 16.5. The van der Waals surface area contributed by atoms with Crippen molar-refractivity contribution in [2.24, 2.45) is 7.05 Å². The predicted molar refractivity (Wildman–Crippen MR) is 132 cm³/mol. The van der Waals surface area contributed by atoms with Crippen LogP contribution in [0, 0.1) is 6.92 Å². The molecule has 3 aromatic heterocycles. The maximum Gasteiger partial charge on any atom is 0.219 e. The molecule has 1 aromatic carbocycles. The molecule has 0 radical (unpaired) electrons. The number of anilines is 2. The number of aromatic nitrogens is 5. The second kappa shape index (κ2) is 8.87. The highest BCUT2D eigenvalue weighted by Crippen LogP contribution is 2.49. The lowest BCUT2D eigenvalue weighted by Crippen LogP contribution is -2.54. The zero-order chi connectivity index (χ0) is 23.7. The predicted octanol–water partition coefficient (Wildman–Crippen LogP) is 4.70. The van der Waals surface area contributed by atoms with Crippen molar-refractivity contribution in [2.75, 3.05) is 16.8 Å². The molecule has 1 N–H and O–H groups in total. The van der Waals surface area contributed by atoms with Gasteiger partial charge in [-0.3, -0.25) is 9.97 Å². The fourth-order valence-electron chi connectivity index (χ4n) is 4.85. The normalized spacial score (nSPS) is 17.1. The average molecular weight is 456 g/mol. The summed E-state index contributed by atoms with van der Waals surface area (Å²) in [4.78, 5) is 11.8. The summed E-state index contributed by atoms with van der Waals surface area (Å²) in [6.45, 7) is 6.69. The van der Waals surface area contributed by atoms with Crippen molar-refractivity contribution < 1.29 is 4.74 Å². The zero-order valence-electron chi connectivity index (χ0n) is 19.9. The highest BCUT2D eigenvalue weighted by Gasteiger charge is 2.48. The number of pyridine rings is 2. The molecule has 0 spiro atoms. The van der Waals surface area contributed by atoms with Crippen molar-refractivity contribution >= 4 is 11.4 Å².